The molecule has 5 nitrogen and oxygen atoms in total. The van der Waals surface area contributed by atoms with Crippen molar-refractivity contribution in [2.75, 3.05) is 19.0 Å². The molecule has 0 fully saturated rings. The van der Waals surface area contributed by atoms with Gasteiger partial charge in [-0.25, -0.2) is 9.97 Å². The van der Waals surface area contributed by atoms with Crippen LogP contribution in [0.25, 0.3) is 0 Å². The molecule has 88 valence electrons. The number of pyridine rings is 1. The Balaban J connectivity index is 2.25. The highest BCUT2D eigenvalue weighted by atomic mass is 15.2. The first kappa shape index (κ1) is 11.5. The van der Waals surface area contributed by atoms with Crippen molar-refractivity contribution < 1.29 is 0 Å². The average Bonchev–Trinajstić information content (AvgIpc) is 2.40. The molecule has 0 saturated heterocycles. The summed E-state index contributed by atoms with van der Waals surface area (Å²) in [5.74, 6) is 1.65. The van der Waals surface area contributed by atoms with Gasteiger partial charge in [0.2, 0.25) is 0 Å². The predicted octanol–water partition coefficient (Wildman–Crippen LogP) is 1.36. The summed E-state index contributed by atoms with van der Waals surface area (Å²) in [5.41, 5.74) is 1.05. The van der Waals surface area contributed by atoms with Crippen molar-refractivity contribution in [3.63, 3.8) is 0 Å². The molecule has 17 heavy (non-hydrogen) atoms. The van der Waals surface area contributed by atoms with Crippen molar-refractivity contribution in [3.8, 4) is 0 Å². The lowest BCUT2D eigenvalue weighted by Crippen LogP contribution is -2.15. The van der Waals surface area contributed by atoms with E-state index in [1.54, 1.807) is 18.6 Å². The normalized spacial score (nSPS) is 10.2. The highest BCUT2D eigenvalue weighted by Gasteiger charge is 2.05. The molecule has 2 heterocycles. The molecule has 0 amide bonds. The Hall–Kier alpha value is -2.01. The van der Waals surface area contributed by atoms with Gasteiger partial charge >= 0.3 is 0 Å². The molecular weight excluding hydrogens is 214 g/mol. The van der Waals surface area contributed by atoms with Crippen molar-refractivity contribution in [2.24, 2.45) is 0 Å². The third kappa shape index (κ3) is 2.76. The SMILES string of the molecule is CNCc1nccc(N(C)c2ccncc2)n1. The van der Waals surface area contributed by atoms with Gasteiger partial charge in [0, 0.05) is 31.3 Å². The standard InChI is InChI=1S/C12H15N5/c1-13-9-11-15-8-5-12(16-11)17(2)10-3-6-14-7-4-10/h3-8,13H,9H2,1-2H3. The molecule has 0 unspecified atom stereocenters. The first-order chi connectivity index (χ1) is 8.31. The Bertz CT molecular complexity index is 471. The van der Waals surface area contributed by atoms with Crippen LogP contribution in [0.2, 0.25) is 0 Å². The summed E-state index contributed by atoms with van der Waals surface area (Å²) in [4.78, 5) is 14.7. The van der Waals surface area contributed by atoms with Crippen molar-refractivity contribution >= 4 is 11.5 Å². The van der Waals surface area contributed by atoms with Gasteiger partial charge in [-0.05, 0) is 25.2 Å². The van der Waals surface area contributed by atoms with Gasteiger partial charge in [-0.1, -0.05) is 0 Å². The van der Waals surface area contributed by atoms with Crippen LogP contribution < -0.4 is 10.2 Å². The quantitative estimate of drug-likeness (QED) is 0.858. The lowest BCUT2D eigenvalue weighted by atomic mass is 10.3. The summed E-state index contributed by atoms with van der Waals surface area (Å²) in [7, 11) is 3.85. The van der Waals surface area contributed by atoms with Gasteiger partial charge in [0.05, 0.1) is 6.54 Å². The van der Waals surface area contributed by atoms with Crippen molar-refractivity contribution in [1.82, 2.24) is 20.3 Å². The summed E-state index contributed by atoms with van der Waals surface area (Å²) < 4.78 is 0. The minimum Gasteiger partial charge on any atom is -0.329 e. The molecule has 0 aliphatic heterocycles. The summed E-state index contributed by atoms with van der Waals surface area (Å²) >= 11 is 0. The van der Waals surface area contributed by atoms with Gasteiger partial charge in [-0.15, -0.1) is 0 Å². The van der Waals surface area contributed by atoms with E-state index in [1.807, 2.05) is 37.2 Å². The van der Waals surface area contributed by atoms with Crippen LogP contribution in [0.3, 0.4) is 0 Å². The minimum atomic E-state index is 0.665. The molecule has 0 spiro atoms. The molecule has 0 bridgehead atoms. The number of hydrogen-bond donors (Lipinski definition) is 1. The second-order valence-electron chi connectivity index (χ2n) is 3.63. The third-order valence-corrected chi connectivity index (χ3v) is 2.42. The number of hydrogen-bond acceptors (Lipinski definition) is 5. The number of rotatable bonds is 4. The lowest BCUT2D eigenvalue weighted by molar-refractivity contribution is 0.757. The van der Waals surface area contributed by atoms with Crippen LogP contribution in [0, 0.1) is 0 Å². The molecule has 2 rings (SSSR count). The zero-order valence-corrected chi connectivity index (χ0v) is 9.96. The molecule has 5 heteroatoms. The molecule has 0 aromatic carbocycles. The van der Waals surface area contributed by atoms with E-state index in [1.165, 1.54) is 0 Å². The van der Waals surface area contributed by atoms with Crippen LogP contribution in [-0.4, -0.2) is 29.0 Å². The second kappa shape index (κ2) is 5.36. The number of aromatic nitrogens is 3. The smallest absolute Gasteiger partial charge is 0.144 e. The van der Waals surface area contributed by atoms with Crippen molar-refractivity contribution in [3.05, 3.63) is 42.6 Å². The summed E-state index contributed by atoms with van der Waals surface area (Å²) in [6, 6.07) is 5.78. The van der Waals surface area contributed by atoms with E-state index < -0.39 is 0 Å². The Kier molecular flexibility index (Phi) is 3.62. The molecular formula is C12H15N5. The van der Waals surface area contributed by atoms with Gasteiger partial charge in [-0.3, -0.25) is 4.98 Å². The molecule has 0 aliphatic carbocycles. The van der Waals surface area contributed by atoms with Crippen LogP contribution in [0.5, 0.6) is 0 Å². The molecule has 0 saturated carbocycles. The van der Waals surface area contributed by atoms with E-state index in [-0.39, 0.29) is 0 Å². The van der Waals surface area contributed by atoms with Gasteiger partial charge < -0.3 is 10.2 Å². The fourth-order valence-electron chi connectivity index (χ4n) is 1.52. The fourth-order valence-corrected chi connectivity index (χ4v) is 1.52. The maximum atomic E-state index is 4.47. The van der Waals surface area contributed by atoms with E-state index >= 15 is 0 Å². The largest absolute Gasteiger partial charge is 0.329 e. The maximum Gasteiger partial charge on any atom is 0.144 e. The molecule has 0 aliphatic rings. The van der Waals surface area contributed by atoms with Crippen LogP contribution in [0.4, 0.5) is 11.5 Å². The Labute approximate surface area is 101 Å². The Morgan fingerprint density at radius 2 is 1.94 bits per heavy atom. The topological polar surface area (TPSA) is 53.9 Å². The summed E-state index contributed by atoms with van der Waals surface area (Å²) in [6.45, 7) is 0.665. The van der Waals surface area contributed by atoms with Crippen molar-refractivity contribution in [2.45, 2.75) is 6.54 Å². The number of nitrogens with one attached hydrogen (secondary N) is 1. The molecule has 2 aromatic rings. The lowest BCUT2D eigenvalue weighted by Gasteiger charge is -2.18. The van der Waals surface area contributed by atoms with E-state index in [0.717, 1.165) is 17.3 Å². The van der Waals surface area contributed by atoms with Crippen LogP contribution in [0.1, 0.15) is 5.82 Å². The molecule has 2 aromatic heterocycles. The second-order valence-corrected chi connectivity index (χ2v) is 3.63. The van der Waals surface area contributed by atoms with Crippen LogP contribution in [0.15, 0.2) is 36.8 Å². The van der Waals surface area contributed by atoms with Gasteiger partial charge in [-0.2, -0.15) is 0 Å². The average molecular weight is 229 g/mol. The van der Waals surface area contributed by atoms with E-state index in [4.69, 9.17) is 0 Å². The number of nitrogens with zero attached hydrogens (tertiary/aromatic N) is 4. The zero-order chi connectivity index (χ0) is 12.1. The van der Waals surface area contributed by atoms with Gasteiger partial charge in [0.15, 0.2) is 0 Å². The zero-order valence-electron chi connectivity index (χ0n) is 9.96. The fraction of sp³-hybridized carbons (Fsp3) is 0.250. The van der Waals surface area contributed by atoms with E-state index in [0.29, 0.717) is 6.54 Å². The highest BCUT2D eigenvalue weighted by Crippen LogP contribution is 2.19. The summed E-state index contributed by atoms with van der Waals surface area (Å²) in [5, 5.41) is 3.04. The monoisotopic (exact) mass is 229 g/mol. The Morgan fingerprint density at radius 3 is 2.65 bits per heavy atom. The molecule has 0 atom stereocenters. The Morgan fingerprint density at radius 1 is 1.18 bits per heavy atom. The van der Waals surface area contributed by atoms with E-state index in [2.05, 4.69) is 20.3 Å². The number of anilines is 2. The molecule has 0 radical (unpaired) electrons. The predicted molar refractivity (Wildman–Crippen MR) is 67.1 cm³/mol. The minimum absolute atomic E-state index is 0.665. The highest BCUT2D eigenvalue weighted by molar-refractivity contribution is 5.57. The van der Waals surface area contributed by atoms with Gasteiger partial charge in [0.25, 0.3) is 0 Å². The first-order valence-electron chi connectivity index (χ1n) is 5.41. The first-order valence-corrected chi connectivity index (χ1v) is 5.41. The maximum absolute atomic E-state index is 4.47. The van der Waals surface area contributed by atoms with Crippen LogP contribution in [-0.2, 0) is 6.54 Å². The van der Waals surface area contributed by atoms with Crippen LogP contribution >= 0.6 is 0 Å². The summed E-state index contributed by atoms with van der Waals surface area (Å²) in [6.07, 6.45) is 5.30. The molecule has 1 N–H and O–H groups in total. The van der Waals surface area contributed by atoms with Crippen molar-refractivity contribution in [1.29, 1.82) is 0 Å². The van der Waals surface area contributed by atoms with E-state index in [9.17, 15) is 0 Å². The third-order valence-electron chi connectivity index (χ3n) is 2.42. The van der Waals surface area contributed by atoms with Gasteiger partial charge in [0.1, 0.15) is 11.6 Å².